The molecule has 2 N–H and O–H groups in total. The summed E-state index contributed by atoms with van der Waals surface area (Å²) in [5, 5.41) is 10.0. The standard InChI is InChI=1S/C25H27N3O5S/c1-17-15-18(21-7-3-5-9-23(21)26-17)16-33-19-11-13-20(14-12-19)34(31,32)28(2)24-10-6-4-8-22(24)25(29)27-30/h3-7,9,11-15,22,24,30H,8,10,16H2,1-2H3,(H,27,29)/t22-,24+/m1/s1. The number of allylic oxidation sites excluding steroid dienone is 1. The van der Waals surface area contributed by atoms with E-state index in [4.69, 9.17) is 9.94 Å². The topological polar surface area (TPSA) is 109 Å². The van der Waals surface area contributed by atoms with Crippen molar-refractivity contribution in [1.82, 2.24) is 14.8 Å². The number of hydrogen-bond donors (Lipinski definition) is 2. The number of aryl methyl sites for hydroxylation is 1. The Balaban J connectivity index is 1.50. The number of sulfonamides is 1. The highest BCUT2D eigenvalue weighted by molar-refractivity contribution is 7.89. The van der Waals surface area contributed by atoms with Crippen LogP contribution in [0.4, 0.5) is 0 Å². The molecule has 0 fully saturated rings. The van der Waals surface area contributed by atoms with Crippen molar-refractivity contribution in [2.45, 2.75) is 37.3 Å². The number of carbonyl (C=O) groups is 1. The average Bonchev–Trinajstić information content (AvgIpc) is 2.86. The lowest BCUT2D eigenvalue weighted by Gasteiger charge is -2.33. The number of amides is 1. The first-order chi connectivity index (χ1) is 16.3. The van der Waals surface area contributed by atoms with Gasteiger partial charge in [0.1, 0.15) is 12.4 Å². The van der Waals surface area contributed by atoms with Crippen LogP contribution in [0.15, 0.2) is 71.6 Å². The van der Waals surface area contributed by atoms with Gasteiger partial charge >= 0.3 is 0 Å². The van der Waals surface area contributed by atoms with E-state index in [-0.39, 0.29) is 4.90 Å². The summed E-state index contributed by atoms with van der Waals surface area (Å²) in [6, 6.07) is 15.5. The second kappa shape index (κ2) is 9.92. The zero-order chi connectivity index (χ0) is 24.3. The van der Waals surface area contributed by atoms with Crippen LogP contribution in [0.2, 0.25) is 0 Å². The number of aromatic nitrogens is 1. The van der Waals surface area contributed by atoms with Crippen LogP contribution in [0.1, 0.15) is 24.1 Å². The first-order valence-electron chi connectivity index (χ1n) is 11.0. The first kappa shape index (κ1) is 23.9. The number of nitrogens with one attached hydrogen (secondary N) is 1. The Kier molecular flexibility index (Phi) is 6.97. The number of hydroxylamine groups is 1. The van der Waals surface area contributed by atoms with Crippen molar-refractivity contribution in [3.05, 3.63) is 78.0 Å². The molecule has 0 saturated heterocycles. The molecule has 4 rings (SSSR count). The average molecular weight is 482 g/mol. The summed E-state index contributed by atoms with van der Waals surface area (Å²) in [6.07, 6.45) is 4.40. The molecule has 0 unspecified atom stereocenters. The molecule has 9 heteroatoms. The van der Waals surface area contributed by atoms with E-state index in [1.165, 1.54) is 23.5 Å². The van der Waals surface area contributed by atoms with Crippen LogP contribution in [0.3, 0.4) is 0 Å². The van der Waals surface area contributed by atoms with Crippen molar-refractivity contribution in [2.24, 2.45) is 5.92 Å². The lowest BCUT2D eigenvalue weighted by molar-refractivity contribution is -0.135. The number of nitrogens with zero attached hydrogens (tertiary/aromatic N) is 2. The Morgan fingerprint density at radius 3 is 2.59 bits per heavy atom. The van der Waals surface area contributed by atoms with Crippen LogP contribution >= 0.6 is 0 Å². The van der Waals surface area contributed by atoms with E-state index >= 15 is 0 Å². The van der Waals surface area contributed by atoms with Gasteiger partial charge in [-0.1, -0.05) is 30.4 Å². The van der Waals surface area contributed by atoms with E-state index in [0.29, 0.717) is 25.2 Å². The zero-order valence-electron chi connectivity index (χ0n) is 19.0. The molecule has 1 aliphatic rings. The summed E-state index contributed by atoms with van der Waals surface area (Å²) in [6.45, 7) is 2.26. The van der Waals surface area contributed by atoms with Crippen molar-refractivity contribution in [3.63, 3.8) is 0 Å². The van der Waals surface area contributed by atoms with Gasteiger partial charge in [0.05, 0.1) is 16.3 Å². The minimum atomic E-state index is -3.86. The fraction of sp³-hybridized carbons (Fsp3) is 0.280. The maximum Gasteiger partial charge on any atom is 0.248 e. The van der Waals surface area contributed by atoms with Crippen LogP contribution in [0.25, 0.3) is 10.9 Å². The summed E-state index contributed by atoms with van der Waals surface area (Å²) in [4.78, 5) is 16.7. The number of rotatable bonds is 7. The minimum absolute atomic E-state index is 0.102. The van der Waals surface area contributed by atoms with Crippen LogP contribution in [-0.4, -0.2) is 41.9 Å². The molecular weight excluding hydrogens is 454 g/mol. The normalized spacial score (nSPS) is 18.2. The Morgan fingerprint density at radius 1 is 1.15 bits per heavy atom. The Bertz CT molecular complexity index is 1320. The molecule has 0 bridgehead atoms. The summed E-state index contributed by atoms with van der Waals surface area (Å²) >= 11 is 0. The van der Waals surface area contributed by atoms with Gasteiger partial charge in [-0.3, -0.25) is 15.0 Å². The quantitative estimate of drug-likeness (QED) is 0.303. The SMILES string of the molecule is Cc1cc(COc2ccc(S(=O)(=O)N(C)[C@H]3CC=CC[C@H]3C(=O)NO)cc2)c2ccccc2n1. The van der Waals surface area contributed by atoms with Crippen LogP contribution < -0.4 is 10.2 Å². The second-order valence-corrected chi connectivity index (χ2v) is 10.3. The minimum Gasteiger partial charge on any atom is -0.489 e. The number of benzene rings is 2. The second-order valence-electron chi connectivity index (χ2n) is 8.31. The third kappa shape index (κ3) is 4.82. The fourth-order valence-corrected chi connectivity index (χ4v) is 5.70. The molecule has 2 atom stereocenters. The highest BCUT2D eigenvalue weighted by atomic mass is 32.2. The monoisotopic (exact) mass is 481 g/mol. The Morgan fingerprint density at radius 2 is 1.85 bits per heavy atom. The molecule has 0 spiro atoms. The number of para-hydroxylation sites is 1. The van der Waals surface area contributed by atoms with Crippen molar-refractivity contribution in [1.29, 1.82) is 0 Å². The largest absolute Gasteiger partial charge is 0.489 e. The molecule has 0 radical (unpaired) electrons. The van der Waals surface area contributed by atoms with Gasteiger partial charge < -0.3 is 4.74 Å². The smallest absolute Gasteiger partial charge is 0.248 e. The van der Waals surface area contributed by atoms with Crippen molar-refractivity contribution < 1.29 is 23.2 Å². The lowest BCUT2D eigenvalue weighted by atomic mass is 9.88. The molecule has 2 aromatic carbocycles. The fourth-order valence-electron chi connectivity index (χ4n) is 4.29. The van der Waals surface area contributed by atoms with Crippen LogP contribution in [-0.2, 0) is 21.4 Å². The van der Waals surface area contributed by atoms with Gasteiger partial charge in [0.25, 0.3) is 0 Å². The van der Waals surface area contributed by atoms with Gasteiger partial charge in [-0.25, -0.2) is 13.9 Å². The molecule has 1 aliphatic carbocycles. The van der Waals surface area contributed by atoms with E-state index in [9.17, 15) is 13.2 Å². The van der Waals surface area contributed by atoms with Gasteiger partial charge in [-0.2, -0.15) is 4.31 Å². The highest BCUT2D eigenvalue weighted by Gasteiger charge is 2.37. The van der Waals surface area contributed by atoms with E-state index in [1.54, 1.807) is 17.6 Å². The molecular formula is C25H27N3O5S. The third-order valence-electron chi connectivity index (χ3n) is 6.14. The lowest BCUT2D eigenvalue weighted by Crippen LogP contribution is -2.47. The van der Waals surface area contributed by atoms with Crippen molar-refractivity contribution >= 4 is 26.8 Å². The van der Waals surface area contributed by atoms with Gasteiger partial charge in [0.2, 0.25) is 15.9 Å². The van der Waals surface area contributed by atoms with Crippen molar-refractivity contribution in [2.75, 3.05) is 7.05 Å². The van der Waals surface area contributed by atoms with E-state index < -0.39 is 27.9 Å². The molecule has 8 nitrogen and oxygen atoms in total. The predicted molar refractivity (Wildman–Crippen MR) is 128 cm³/mol. The molecule has 1 aromatic heterocycles. The maximum atomic E-state index is 13.2. The Hall–Kier alpha value is -3.27. The van der Waals surface area contributed by atoms with Gasteiger partial charge in [-0.05, 0) is 56.2 Å². The molecule has 1 amide bonds. The van der Waals surface area contributed by atoms with Gasteiger partial charge in [-0.15, -0.1) is 0 Å². The molecule has 0 aliphatic heterocycles. The van der Waals surface area contributed by atoms with Crippen LogP contribution in [0, 0.1) is 12.8 Å². The predicted octanol–water partition coefficient (Wildman–Crippen LogP) is 3.58. The van der Waals surface area contributed by atoms with Gasteiger partial charge in [0.15, 0.2) is 0 Å². The summed E-state index contributed by atoms with van der Waals surface area (Å²) in [5.41, 5.74) is 4.44. The van der Waals surface area contributed by atoms with Gasteiger partial charge in [0, 0.05) is 29.7 Å². The van der Waals surface area contributed by atoms with Crippen LogP contribution in [0.5, 0.6) is 5.75 Å². The number of hydrogen-bond acceptors (Lipinski definition) is 6. The van der Waals surface area contributed by atoms with Crippen molar-refractivity contribution in [3.8, 4) is 5.75 Å². The number of ether oxygens (including phenoxy) is 1. The summed E-state index contributed by atoms with van der Waals surface area (Å²) < 4.78 is 33.6. The molecule has 3 aromatic rings. The zero-order valence-corrected chi connectivity index (χ0v) is 19.8. The molecule has 34 heavy (non-hydrogen) atoms. The highest BCUT2D eigenvalue weighted by Crippen LogP contribution is 2.29. The third-order valence-corrected chi connectivity index (χ3v) is 8.03. The van der Waals surface area contributed by atoms with E-state index in [1.807, 2.05) is 49.4 Å². The molecule has 1 heterocycles. The number of fused-ring (bicyclic) bond motifs is 1. The Labute approximate surface area is 198 Å². The summed E-state index contributed by atoms with van der Waals surface area (Å²) in [7, 11) is -2.40. The number of pyridine rings is 1. The van der Waals surface area contributed by atoms with E-state index in [0.717, 1.165) is 22.2 Å². The summed E-state index contributed by atoms with van der Waals surface area (Å²) in [5.74, 6) is -0.728. The number of carbonyl (C=O) groups excluding carboxylic acids is 1. The molecule has 178 valence electrons. The maximum absolute atomic E-state index is 13.2. The molecule has 0 saturated carbocycles. The first-order valence-corrected chi connectivity index (χ1v) is 12.4. The van der Waals surface area contributed by atoms with E-state index in [2.05, 4.69) is 4.98 Å².